The number of aliphatic imine (C=N–C) groups is 1. The van der Waals surface area contributed by atoms with Gasteiger partial charge in [-0.15, -0.1) is 0 Å². The van der Waals surface area contributed by atoms with Gasteiger partial charge >= 0.3 is 0 Å². The fraction of sp³-hybridized carbons (Fsp3) is 0. The lowest BCUT2D eigenvalue weighted by Crippen LogP contribution is -1.98. The Bertz CT molecular complexity index is 407. The van der Waals surface area contributed by atoms with E-state index in [9.17, 15) is 4.39 Å². The van der Waals surface area contributed by atoms with Gasteiger partial charge in [0.1, 0.15) is 9.54 Å². The fourth-order valence-electron chi connectivity index (χ4n) is 0.978. The van der Waals surface area contributed by atoms with Crippen LogP contribution in [0.25, 0.3) is 5.70 Å². The van der Waals surface area contributed by atoms with E-state index < -0.39 is 0 Å². The van der Waals surface area contributed by atoms with E-state index in [-0.39, 0.29) is 5.82 Å². The number of rotatable bonds is 3. The summed E-state index contributed by atoms with van der Waals surface area (Å²) in [6.45, 7) is 3.48. The molecule has 0 saturated heterocycles. The lowest BCUT2D eigenvalue weighted by atomic mass is 10.1. The molecule has 2 nitrogen and oxygen atoms in total. The Morgan fingerprint density at radius 3 is 2.53 bits per heavy atom. The number of hydrogen-bond acceptors (Lipinski definition) is 2. The van der Waals surface area contributed by atoms with Crippen molar-refractivity contribution in [1.29, 1.82) is 0 Å². The molecule has 0 saturated carbocycles. The van der Waals surface area contributed by atoms with Crippen LogP contribution >= 0.6 is 22.6 Å². The van der Waals surface area contributed by atoms with E-state index in [1.54, 1.807) is 18.2 Å². The third-order valence-electron chi connectivity index (χ3n) is 1.67. The molecule has 1 rings (SSSR count). The van der Waals surface area contributed by atoms with E-state index in [1.807, 2.05) is 22.6 Å². The molecule has 0 amide bonds. The normalized spacial score (nSPS) is 12.7. The lowest BCUT2D eigenvalue weighted by molar-refractivity contribution is 0.627. The summed E-state index contributed by atoms with van der Waals surface area (Å²) in [4.78, 5) is 3.94. The van der Waals surface area contributed by atoms with Crippen molar-refractivity contribution in [3.63, 3.8) is 0 Å². The average molecular weight is 316 g/mol. The van der Waals surface area contributed by atoms with Crippen LogP contribution in [-0.4, -0.2) is 3.72 Å². The Morgan fingerprint density at radius 2 is 2.00 bits per heavy atom. The van der Waals surface area contributed by atoms with Crippen molar-refractivity contribution >= 4 is 32.0 Å². The van der Waals surface area contributed by atoms with Crippen molar-refractivity contribution < 1.29 is 4.39 Å². The Morgan fingerprint density at radius 1 is 1.40 bits per heavy atom. The maximum Gasteiger partial charge on any atom is 0.123 e. The van der Waals surface area contributed by atoms with Crippen LogP contribution in [-0.2, 0) is 0 Å². The van der Waals surface area contributed by atoms with Crippen molar-refractivity contribution in [2.45, 2.75) is 0 Å². The molecule has 0 aliphatic heterocycles. The van der Waals surface area contributed by atoms with E-state index in [0.717, 1.165) is 9.28 Å². The SMILES string of the molecule is C=CN=C(I)/C=C(\N)c1ccc(F)cc1. The topological polar surface area (TPSA) is 38.4 Å². The minimum absolute atomic E-state index is 0.277. The predicted molar refractivity (Wildman–Crippen MR) is 70.2 cm³/mol. The first-order chi connectivity index (χ1) is 7.13. The summed E-state index contributed by atoms with van der Waals surface area (Å²) >= 11 is 2.04. The van der Waals surface area contributed by atoms with Gasteiger partial charge in [0.25, 0.3) is 0 Å². The number of halogens is 2. The molecule has 78 valence electrons. The summed E-state index contributed by atoms with van der Waals surface area (Å²) in [6.07, 6.45) is 3.14. The van der Waals surface area contributed by atoms with E-state index >= 15 is 0 Å². The maximum atomic E-state index is 12.6. The molecule has 0 aromatic heterocycles. The van der Waals surface area contributed by atoms with Gasteiger partial charge in [0.05, 0.1) is 0 Å². The molecule has 1 aromatic carbocycles. The summed E-state index contributed by atoms with van der Waals surface area (Å²) in [5.74, 6) is -0.277. The molecule has 0 bridgehead atoms. The highest BCUT2D eigenvalue weighted by Crippen LogP contribution is 2.11. The predicted octanol–water partition coefficient (Wildman–Crippen LogP) is 3.10. The van der Waals surface area contributed by atoms with Crippen LogP contribution in [0.3, 0.4) is 0 Å². The molecule has 4 heteroatoms. The molecular weight excluding hydrogens is 306 g/mol. The van der Waals surface area contributed by atoms with E-state index in [0.29, 0.717) is 5.70 Å². The van der Waals surface area contributed by atoms with Gasteiger partial charge < -0.3 is 5.73 Å². The molecule has 0 aliphatic carbocycles. The highest BCUT2D eigenvalue weighted by Gasteiger charge is 1.97. The van der Waals surface area contributed by atoms with Crippen molar-refractivity contribution in [1.82, 2.24) is 0 Å². The summed E-state index contributed by atoms with van der Waals surface area (Å²) in [5.41, 5.74) is 7.11. The Kier molecular flexibility index (Phi) is 4.48. The second kappa shape index (κ2) is 5.65. The van der Waals surface area contributed by atoms with Crippen molar-refractivity contribution in [2.24, 2.45) is 10.7 Å². The van der Waals surface area contributed by atoms with E-state index in [4.69, 9.17) is 5.73 Å². The molecule has 15 heavy (non-hydrogen) atoms. The molecule has 0 spiro atoms. The largest absolute Gasteiger partial charge is 0.398 e. The second-order valence-corrected chi connectivity index (χ2v) is 3.85. The highest BCUT2D eigenvalue weighted by molar-refractivity contribution is 14.1. The average Bonchev–Trinajstić information content (AvgIpc) is 2.18. The molecule has 0 radical (unpaired) electrons. The summed E-state index contributed by atoms with van der Waals surface area (Å²) in [6, 6.07) is 5.99. The van der Waals surface area contributed by atoms with Crippen molar-refractivity contribution in [2.75, 3.05) is 0 Å². The van der Waals surface area contributed by atoms with Gasteiger partial charge in [0.2, 0.25) is 0 Å². The first-order valence-corrected chi connectivity index (χ1v) is 5.28. The minimum Gasteiger partial charge on any atom is -0.398 e. The molecule has 0 heterocycles. The molecule has 0 atom stereocenters. The second-order valence-electron chi connectivity index (χ2n) is 2.74. The van der Waals surface area contributed by atoms with Gasteiger partial charge in [-0.3, -0.25) is 4.99 Å². The third kappa shape index (κ3) is 3.83. The van der Waals surface area contributed by atoms with E-state index in [1.165, 1.54) is 18.3 Å². The van der Waals surface area contributed by atoms with Crippen LogP contribution in [0.2, 0.25) is 0 Å². The standard InChI is InChI=1S/C11H10FIN2/c1-2-15-11(13)7-10(14)8-3-5-9(12)6-4-8/h2-7H,1,14H2/b10-7-,15-11?. The van der Waals surface area contributed by atoms with Gasteiger partial charge in [-0.05, 0) is 46.4 Å². The van der Waals surface area contributed by atoms with Gasteiger partial charge in [0, 0.05) is 11.9 Å². The van der Waals surface area contributed by atoms with E-state index in [2.05, 4.69) is 11.6 Å². The summed E-state index contributed by atoms with van der Waals surface area (Å²) in [7, 11) is 0. The van der Waals surface area contributed by atoms with Gasteiger partial charge in [-0.2, -0.15) is 0 Å². The van der Waals surface area contributed by atoms with Crippen LogP contribution < -0.4 is 5.73 Å². The first-order valence-electron chi connectivity index (χ1n) is 4.21. The lowest BCUT2D eigenvalue weighted by Gasteiger charge is -2.00. The summed E-state index contributed by atoms with van der Waals surface area (Å²) < 4.78 is 13.4. The number of nitrogens with two attached hydrogens (primary N) is 1. The van der Waals surface area contributed by atoms with Gasteiger partial charge in [0.15, 0.2) is 0 Å². The monoisotopic (exact) mass is 316 g/mol. The molecule has 0 fully saturated rings. The maximum absolute atomic E-state index is 12.6. The summed E-state index contributed by atoms with van der Waals surface area (Å²) in [5, 5.41) is 0. The minimum atomic E-state index is -0.277. The Balaban J connectivity index is 2.93. The number of nitrogens with zero attached hydrogens (tertiary/aromatic N) is 1. The number of benzene rings is 1. The van der Waals surface area contributed by atoms with Crippen molar-refractivity contribution in [3.05, 3.63) is 54.5 Å². The Labute approximate surface area is 102 Å². The molecule has 1 aromatic rings. The van der Waals surface area contributed by atoms with Crippen LogP contribution in [0.5, 0.6) is 0 Å². The van der Waals surface area contributed by atoms with Crippen LogP contribution in [0, 0.1) is 5.82 Å². The fourth-order valence-corrected chi connectivity index (χ4v) is 1.51. The zero-order chi connectivity index (χ0) is 11.3. The highest BCUT2D eigenvalue weighted by atomic mass is 127. The number of allylic oxidation sites excluding steroid dienone is 1. The molecule has 2 N–H and O–H groups in total. The van der Waals surface area contributed by atoms with Gasteiger partial charge in [-0.1, -0.05) is 18.7 Å². The number of hydrogen-bond donors (Lipinski definition) is 1. The van der Waals surface area contributed by atoms with Crippen LogP contribution in [0.4, 0.5) is 4.39 Å². The first kappa shape index (κ1) is 11.9. The molecule has 0 unspecified atom stereocenters. The van der Waals surface area contributed by atoms with Crippen LogP contribution in [0.1, 0.15) is 5.56 Å². The zero-order valence-corrected chi connectivity index (χ0v) is 10.1. The van der Waals surface area contributed by atoms with Crippen molar-refractivity contribution in [3.8, 4) is 0 Å². The smallest absolute Gasteiger partial charge is 0.123 e. The quantitative estimate of drug-likeness (QED) is 0.675. The molecular formula is C11H10FIN2. The molecule has 0 aliphatic rings. The van der Waals surface area contributed by atoms with Crippen LogP contribution in [0.15, 0.2) is 48.1 Å². The van der Waals surface area contributed by atoms with Gasteiger partial charge in [-0.25, -0.2) is 4.39 Å². The third-order valence-corrected chi connectivity index (χ3v) is 2.26. The Hall–Kier alpha value is -1.17. The zero-order valence-electron chi connectivity index (χ0n) is 7.95.